The number of furan rings is 1. The molecule has 3 rings (SSSR count). The SMILES string of the molecule is CNCc1cc(CN2CCOc3ccccc3C2)c(C)o1. The maximum Gasteiger partial charge on any atom is 0.123 e. The second kappa shape index (κ2) is 6.33. The second-order valence-corrected chi connectivity index (χ2v) is 5.49. The first-order valence-corrected chi connectivity index (χ1v) is 7.42. The first kappa shape index (κ1) is 14.2. The molecule has 0 unspecified atom stereocenters. The normalized spacial score (nSPS) is 15.3. The predicted octanol–water partition coefficient (Wildman–Crippen LogP) is 2.70. The monoisotopic (exact) mass is 286 g/mol. The third-order valence-corrected chi connectivity index (χ3v) is 3.85. The van der Waals surface area contributed by atoms with E-state index in [9.17, 15) is 0 Å². The number of ether oxygens (including phenoxy) is 1. The summed E-state index contributed by atoms with van der Waals surface area (Å²) in [4.78, 5) is 2.41. The molecule has 1 aliphatic heterocycles. The topological polar surface area (TPSA) is 37.6 Å². The van der Waals surface area contributed by atoms with Gasteiger partial charge >= 0.3 is 0 Å². The molecular formula is C17H22N2O2. The molecule has 0 spiro atoms. The van der Waals surface area contributed by atoms with Gasteiger partial charge in [-0.05, 0) is 26.1 Å². The third kappa shape index (κ3) is 3.28. The van der Waals surface area contributed by atoms with Crippen molar-refractivity contribution >= 4 is 0 Å². The van der Waals surface area contributed by atoms with E-state index in [1.807, 2.05) is 26.1 Å². The van der Waals surface area contributed by atoms with E-state index in [4.69, 9.17) is 9.15 Å². The van der Waals surface area contributed by atoms with Crippen molar-refractivity contribution in [3.63, 3.8) is 0 Å². The zero-order chi connectivity index (χ0) is 14.7. The molecule has 2 heterocycles. The standard InChI is InChI=1S/C17H22N2O2/c1-13-15(9-16(21-13)10-18-2)12-19-7-8-20-17-6-4-3-5-14(17)11-19/h3-6,9,18H,7-8,10-12H2,1-2H3. The molecule has 0 aliphatic carbocycles. The van der Waals surface area contributed by atoms with Crippen molar-refractivity contribution in [3.8, 4) is 5.75 Å². The summed E-state index contributed by atoms with van der Waals surface area (Å²) in [5.41, 5.74) is 2.52. The number of nitrogens with one attached hydrogen (secondary N) is 1. The first-order valence-electron chi connectivity index (χ1n) is 7.42. The molecule has 4 heteroatoms. The quantitative estimate of drug-likeness (QED) is 0.938. The largest absolute Gasteiger partial charge is 0.492 e. The van der Waals surface area contributed by atoms with Crippen LogP contribution in [0.25, 0.3) is 0 Å². The predicted molar refractivity (Wildman–Crippen MR) is 82.3 cm³/mol. The summed E-state index contributed by atoms with van der Waals surface area (Å²) >= 11 is 0. The minimum Gasteiger partial charge on any atom is -0.492 e. The summed E-state index contributed by atoms with van der Waals surface area (Å²) in [7, 11) is 1.93. The molecule has 0 bridgehead atoms. The number of rotatable bonds is 4. The smallest absolute Gasteiger partial charge is 0.123 e. The molecule has 112 valence electrons. The highest BCUT2D eigenvalue weighted by molar-refractivity contribution is 5.34. The number of benzene rings is 1. The summed E-state index contributed by atoms with van der Waals surface area (Å²) < 4.78 is 11.6. The van der Waals surface area contributed by atoms with E-state index in [1.165, 1.54) is 11.1 Å². The van der Waals surface area contributed by atoms with Crippen LogP contribution in [0.15, 0.2) is 34.7 Å². The molecule has 0 radical (unpaired) electrons. The van der Waals surface area contributed by atoms with Gasteiger partial charge in [-0.25, -0.2) is 0 Å². The average molecular weight is 286 g/mol. The zero-order valence-electron chi connectivity index (χ0n) is 12.7. The van der Waals surface area contributed by atoms with E-state index in [-0.39, 0.29) is 0 Å². The zero-order valence-corrected chi connectivity index (χ0v) is 12.7. The molecule has 1 aliphatic rings. The molecule has 21 heavy (non-hydrogen) atoms. The van der Waals surface area contributed by atoms with Crippen LogP contribution in [0.3, 0.4) is 0 Å². The first-order chi connectivity index (χ1) is 10.3. The van der Waals surface area contributed by atoms with Crippen molar-refractivity contribution in [2.45, 2.75) is 26.6 Å². The number of hydrogen-bond acceptors (Lipinski definition) is 4. The van der Waals surface area contributed by atoms with Crippen molar-refractivity contribution in [2.24, 2.45) is 0 Å². The third-order valence-electron chi connectivity index (χ3n) is 3.85. The number of aryl methyl sites for hydroxylation is 1. The van der Waals surface area contributed by atoms with Crippen LogP contribution in [0.2, 0.25) is 0 Å². The van der Waals surface area contributed by atoms with Gasteiger partial charge in [0.1, 0.15) is 23.9 Å². The van der Waals surface area contributed by atoms with Gasteiger partial charge in [0.25, 0.3) is 0 Å². The summed E-state index contributed by atoms with van der Waals surface area (Å²) in [6.45, 7) is 6.29. The van der Waals surface area contributed by atoms with Crippen molar-refractivity contribution in [3.05, 3.63) is 53.0 Å². The van der Waals surface area contributed by atoms with Crippen LogP contribution in [0.4, 0.5) is 0 Å². The molecule has 1 aromatic carbocycles. The summed E-state index contributed by atoms with van der Waals surface area (Å²) in [5, 5.41) is 3.12. The number of hydrogen-bond donors (Lipinski definition) is 1. The molecule has 0 saturated heterocycles. The van der Waals surface area contributed by atoms with Crippen LogP contribution in [-0.2, 0) is 19.6 Å². The Balaban J connectivity index is 1.73. The Kier molecular flexibility index (Phi) is 4.27. The highest BCUT2D eigenvalue weighted by Crippen LogP contribution is 2.24. The minimum atomic E-state index is 0.733. The summed E-state index contributed by atoms with van der Waals surface area (Å²) in [6.07, 6.45) is 0. The molecule has 0 saturated carbocycles. The maximum atomic E-state index is 5.82. The highest BCUT2D eigenvalue weighted by atomic mass is 16.5. The molecule has 0 fully saturated rings. The van der Waals surface area contributed by atoms with Crippen LogP contribution < -0.4 is 10.1 Å². The van der Waals surface area contributed by atoms with Crippen molar-refractivity contribution in [1.29, 1.82) is 0 Å². The van der Waals surface area contributed by atoms with Crippen molar-refractivity contribution in [1.82, 2.24) is 10.2 Å². The van der Waals surface area contributed by atoms with Gasteiger partial charge in [-0.1, -0.05) is 18.2 Å². The molecule has 1 N–H and O–H groups in total. The molecule has 2 aromatic rings. The lowest BCUT2D eigenvalue weighted by molar-refractivity contribution is 0.218. The molecular weight excluding hydrogens is 264 g/mol. The summed E-state index contributed by atoms with van der Waals surface area (Å²) in [6, 6.07) is 10.4. The van der Waals surface area contributed by atoms with Crippen LogP contribution >= 0.6 is 0 Å². The van der Waals surface area contributed by atoms with Crippen LogP contribution in [-0.4, -0.2) is 25.1 Å². The van der Waals surface area contributed by atoms with Crippen LogP contribution in [0, 0.1) is 6.92 Å². The lowest BCUT2D eigenvalue weighted by Crippen LogP contribution is -2.25. The van der Waals surface area contributed by atoms with Gasteiger partial charge < -0.3 is 14.5 Å². The molecule has 0 amide bonds. The fraction of sp³-hybridized carbons (Fsp3) is 0.412. The van der Waals surface area contributed by atoms with E-state index in [0.29, 0.717) is 0 Å². The minimum absolute atomic E-state index is 0.733. The van der Waals surface area contributed by atoms with Crippen molar-refractivity contribution in [2.75, 3.05) is 20.2 Å². The number of fused-ring (bicyclic) bond motifs is 1. The van der Waals surface area contributed by atoms with Gasteiger partial charge in [-0.2, -0.15) is 0 Å². The number of para-hydroxylation sites is 1. The van der Waals surface area contributed by atoms with Gasteiger partial charge in [0.05, 0.1) is 6.54 Å². The fourth-order valence-corrected chi connectivity index (χ4v) is 2.76. The lowest BCUT2D eigenvalue weighted by atomic mass is 10.1. The highest BCUT2D eigenvalue weighted by Gasteiger charge is 2.17. The molecule has 4 nitrogen and oxygen atoms in total. The van der Waals surface area contributed by atoms with Crippen molar-refractivity contribution < 1.29 is 9.15 Å². The Labute approximate surface area is 125 Å². The fourth-order valence-electron chi connectivity index (χ4n) is 2.76. The Hall–Kier alpha value is -1.78. The Morgan fingerprint density at radius 1 is 1.29 bits per heavy atom. The van der Waals surface area contributed by atoms with Gasteiger partial charge in [-0.3, -0.25) is 4.90 Å². The molecule has 1 aromatic heterocycles. The summed E-state index contributed by atoms with van der Waals surface area (Å²) in [5.74, 6) is 3.02. The van der Waals surface area contributed by atoms with Gasteiger partial charge in [0.15, 0.2) is 0 Å². The van der Waals surface area contributed by atoms with Gasteiger partial charge in [-0.15, -0.1) is 0 Å². The average Bonchev–Trinajstić information content (AvgIpc) is 2.70. The van der Waals surface area contributed by atoms with Crippen LogP contribution in [0.5, 0.6) is 5.75 Å². The van der Waals surface area contributed by atoms with E-state index in [1.54, 1.807) is 0 Å². The number of nitrogens with zero attached hydrogens (tertiary/aromatic N) is 1. The van der Waals surface area contributed by atoms with E-state index >= 15 is 0 Å². The Bertz CT molecular complexity index is 607. The lowest BCUT2D eigenvalue weighted by Gasteiger charge is -2.18. The molecule has 0 atom stereocenters. The van der Waals surface area contributed by atoms with Crippen LogP contribution in [0.1, 0.15) is 22.6 Å². The van der Waals surface area contributed by atoms with E-state index in [0.717, 1.165) is 50.1 Å². The maximum absolute atomic E-state index is 5.82. The van der Waals surface area contributed by atoms with E-state index < -0.39 is 0 Å². The Morgan fingerprint density at radius 3 is 3.00 bits per heavy atom. The van der Waals surface area contributed by atoms with Gasteiger partial charge in [0, 0.05) is 30.8 Å². The van der Waals surface area contributed by atoms with Gasteiger partial charge in [0.2, 0.25) is 0 Å². The van der Waals surface area contributed by atoms with E-state index in [2.05, 4.69) is 28.4 Å². The Morgan fingerprint density at radius 2 is 2.14 bits per heavy atom. The second-order valence-electron chi connectivity index (χ2n) is 5.49.